The van der Waals surface area contributed by atoms with Crippen molar-refractivity contribution >= 4 is 100 Å². The highest BCUT2D eigenvalue weighted by molar-refractivity contribution is 5.97. The number of hydrogen-bond donors (Lipinski definition) is 0. The van der Waals surface area contributed by atoms with Crippen molar-refractivity contribution in [3.8, 4) is 0 Å². The molecule has 0 saturated carbocycles. The molecule has 0 fully saturated rings. The van der Waals surface area contributed by atoms with Gasteiger partial charge in [-0.25, -0.2) is 28.8 Å². The molecule has 0 aliphatic carbocycles. The fraction of sp³-hybridized carbons (Fsp3) is 0.400. The molecule has 12 nitrogen and oxygen atoms in total. The Hall–Kier alpha value is -10.5. The topological polar surface area (TPSA) is 158 Å². The molecule has 0 aliphatic rings. The van der Waals surface area contributed by atoms with Crippen LogP contribution in [0.3, 0.4) is 0 Å². The lowest BCUT2D eigenvalue weighted by Crippen LogP contribution is -2.06. The maximum Gasteiger partial charge on any atom is 0.338 e. The number of carbonyl (C=O) groups excluding carboxylic acids is 6. The Kier molecular flexibility index (Phi) is 34.5. The van der Waals surface area contributed by atoms with Gasteiger partial charge in [0, 0.05) is 64.6 Å². The van der Waals surface area contributed by atoms with Gasteiger partial charge in [0.2, 0.25) is 0 Å². The first-order chi connectivity index (χ1) is 49.8. The van der Waals surface area contributed by atoms with Crippen LogP contribution in [0.25, 0.3) is 64.6 Å². The Balaban J connectivity index is 1.56. The van der Waals surface area contributed by atoms with E-state index in [1.165, 1.54) is 0 Å². The lowest BCUT2D eigenvalue weighted by molar-refractivity contribution is 0.0489. The molecule has 7 aromatic carbocycles. The van der Waals surface area contributed by atoms with Crippen molar-refractivity contribution in [1.29, 1.82) is 0 Å². The SMILES string of the molecule is CCCCCCOC(=O)c1cc2c#cc3cc(C(=O)OCCCCCC)cc(c#cc4cc(C(=O)OCCCCCC)cc(c#cc5cc(C(=O)OCCCCCC)cc(c#cc6cc(C(=O)OCCCCCC)cc(c#cc7cc(C(=O)OCCCCCC)cc(c#cc(c1)c2)c7)c6)c5)c4)c3. The zero-order chi connectivity index (χ0) is 72.5. The predicted molar refractivity (Wildman–Crippen MR) is 403 cm³/mol. The average Bonchev–Trinajstić information content (AvgIpc) is 0.985. The first-order valence-electron chi connectivity index (χ1n) is 36.8. The summed E-state index contributed by atoms with van der Waals surface area (Å²) < 4.78 is 34.8. The first kappa shape index (κ1) is 78.8. The Morgan fingerprint density at radius 3 is 0.412 bits per heavy atom. The highest BCUT2D eigenvalue weighted by Gasteiger charge is 2.14. The van der Waals surface area contributed by atoms with E-state index in [9.17, 15) is 28.8 Å². The minimum absolute atomic E-state index is 0.218. The van der Waals surface area contributed by atoms with Gasteiger partial charge in [-0.2, -0.15) is 0 Å². The van der Waals surface area contributed by atoms with E-state index in [4.69, 9.17) is 28.4 Å². The number of unbranched alkanes of at least 4 members (excludes halogenated alkanes) is 18. The van der Waals surface area contributed by atoms with E-state index in [1.807, 2.05) is 0 Å². The molecule has 0 atom stereocenters. The second kappa shape index (κ2) is 44.6. The average molecular weight is 1370 g/mol. The van der Waals surface area contributed by atoms with Gasteiger partial charge >= 0.3 is 35.8 Å². The van der Waals surface area contributed by atoms with Crippen LogP contribution in [0.2, 0.25) is 0 Å². The van der Waals surface area contributed by atoms with E-state index in [2.05, 4.69) is 114 Å². The summed E-state index contributed by atoms with van der Waals surface area (Å²) in [6, 6.07) is 68.8. The standard InChI is InChI=1S/C90H96O12/c1-7-13-19-25-43-97-85(91)79-55-67-31-33-69-50-71(59-80(57-69)86(92)98-44-26-20-14-8-2)35-37-73-52-75(63-82(61-73)88(94)100-46-28-22-16-10-4)39-41-77-54-78(66-84(65-77)90(96)102-48-30-24-18-12-6)42-40-76-53-74(62-83(64-76)89(95)101-47-29-23-17-11-5)38-36-72-51-70(34-32-68(49-67)56-79)58-81(60-72)87(93)99-45-27-21-15-9-3/h49-66H,7-30,43-48H2,1-6H3. The van der Waals surface area contributed by atoms with Crippen molar-refractivity contribution in [3.63, 3.8) is 0 Å². The zero-order valence-electron chi connectivity index (χ0n) is 60.5. The molecule has 102 heavy (non-hydrogen) atoms. The summed E-state index contributed by atoms with van der Waals surface area (Å²) in [5, 5.41) is 4.98. The smallest absolute Gasteiger partial charge is 0.338 e. The molecule has 0 unspecified atom stereocenters. The van der Waals surface area contributed by atoms with Crippen molar-refractivity contribution in [2.24, 2.45) is 0 Å². The van der Waals surface area contributed by atoms with Crippen molar-refractivity contribution < 1.29 is 57.2 Å². The van der Waals surface area contributed by atoms with Crippen LogP contribution in [0, 0.1) is 72.8 Å². The van der Waals surface area contributed by atoms with Crippen LogP contribution in [0.15, 0.2) is 109 Å². The molecule has 0 aromatic heterocycles. The summed E-state index contributed by atoms with van der Waals surface area (Å²) in [6.07, 6.45) is 21.8. The van der Waals surface area contributed by atoms with Gasteiger partial charge in [0.05, 0.1) is 73.0 Å². The third-order valence-corrected chi connectivity index (χ3v) is 16.5. The van der Waals surface area contributed by atoms with Crippen LogP contribution in [-0.2, 0) is 28.4 Å². The fourth-order valence-electron chi connectivity index (χ4n) is 10.9. The van der Waals surface area contributed by atoms with Crippen LogP contribution >= 0.6 is 0 Å². The van der Waals surface area contributed by atoms with E-state index < -0.39 is 35.8 Å². The van der Waals surface area contributed by atoms with Crippen molar-refractivity contribution in [2.75, 3.05) is 39.6 Å². The third-order valence-electron chi connectivity index (χ3n) is 16.5. The van der Waals surface area contributed by atoms with Gasteiger partial charge < -0.3 is 28.4 Å². The van der Waals surface area contributed by atoms with E-state index >= 15 is 0 Å². The molecule has 0 amide bonds. The summed E-state index contributed by atoms with van der Waals surface area (Å²) in [4.78, 5) is 83.6. The number of hydrogen-bond acceptors (Lipinski definition) is 12. The third kappa shape index (κ3) is 28.3. The van der Waals surface area contributed by atoms with Gasteiger partial charge in [-0.05, 0) is 148 Å². The maximum atomic E-state index is 13.9. The molecule has 0 N–H and O–H groups in total. The van der Waals surface area contributed by atoms with Gasteiger partial charge in [0.1, 0.15) is 0 Å². The zero-order valence-corrected chi connectivity index (χ0v) is 60.5. The summed E-state index contributed by atoms with van der Waals surface area (Å²) in [6.45, 7) is 14.0. The van der Waals surface area contributed by atoms with Gasteiger partial charge in [-0.3, -0.25) is 0 Å². The van der Waals surface area contributed by atoms with Crippen LogP contribution in [0.5, 0.6) is 0 Å². The molecule has 7 aromatic rings. The summed E-state index contributed by atoms with van der Waals surface area (Å²) in [5.74, 6) is -3.32. The highest BCUT2D eigenvalue weighted by Crippen LogP contribution is 2.20. The number of carbonyl (C=O) groups is 6. The number of rotatable bonds is 36. The summed E-state index contributed by atoms with van der Waals surface area (Å²) in [5.41, 5.74) is 1.31. The Morgan fingerprint density at radius 1 is 0.186 bits per heavy atom. The first-order valence-corrected chi connectivity index (χ1v) is 36.8. The maximum absolute atomic E-state index is 13.9. The van der Waals surface area contributed by atoms with Crippen LogP contribution in [0.1, 0.15) is 258 Å². The quantitative estimate of drug-likeness (QED) is 0.0208. The number of esters is 6. The number of fused-ring (bicyclic) bond motifs is 12. The second-order valence-electron chi connectivity index (χ2n) is 25.5. The lowest BCUT2D eigenvalue weighted by Gasteiger charge is -2.05. The molecule has 0 aliphatic heterocycles. The molecule has 528 valence electrons. The molecule has 12 heteroatoms. The fourth-order valence-corrected chi connectivity index (χ4v) is 10.9. The molecule has 0 heterocycles. The minimum Gasteiger partial charge on any atom is -0.462 e. The number of ether oxygens (including phenoxy) is 6. The molecule has 7 rings (SSSR count). The normalized spacial score (nSPS) is 10.4. The van der Waals surface area contributed by atoms with E-state index in [0.29, 0.717) is 103 Å². The molecular weight excluding hydrogens is 1270 g/mol. The van der Waals surface area contributed by atoms with Gasteiger partial charge in [-0.1, -0.05) is 230 Å². The van der Waals surface area contributed by atoms with Gasteiger partial charge in [0.15, 0.2) is 0 Å². The molecule has 0 radical (unpaired) electrons. The van der Waals surface area contributed by atoms with E-state index in [0.717, 1.165) is 116 Å². The number of benzene rings is 6. The molecule has 0 spiro atoms. The molecular formula is C90H96O12. The lowest BCUT2D eigenvalue weighted by atomic mass is 10.1. The van der Waals surface area contributed by atoms with Crippen molar-refractivity contribution in [1.82, 2.24) is 0 Å². The summed E-state index contributed by atoms with van der Waals surface area (Å²) in [7, 11) is 0. The van der Waals surface area contributed by atoms with Crippen LogP contribution in [0.4, 0.5) is 0 Å². The van der Waals surface area contributed by atoms with E-state index in [-0.39, 0.29) is 73.0 Å². The van der Waals surface area contributed by atoms with Crippen LogP contribution < -0.4 is 0 Å². The Labute approximate surface area is 605 Å². The van der Waals surface area contributed by atoms with Crippen LogP contribution in [-0.4, -0.2) is 75.5 Å². The van der Waals surface area contributed by atoms with Gasteiger partial charge in [0.25, 0.3) is 0 Å². The monoisotopic (exact) mass is 1370 g/mol. The van der Waals surface area contributed by atoms with Crippen molar-refractivity contribution in [2.45, 2.75) is 196 Å². The minimum atomic E-state index is -0.553. The highest BCUT2D eigenvalue weighted by atomic mass is 16.6. The van der Waals surface area contributed by atoms with Crippen molar-refractivity contribution in [3.05, 3.63) is 215 Å². The largest absolute Gasteiger partial charge is 0.462 e. The van der Waals surface area contributed by atoms with E-state index in [1.54, 1.807) is 109 Å². The Bertz CT molecular complexity index is 3390. The molecule has 12 bridgehead atoms. The Morgan fingerprint density at radius 2 is 0.304 bits per heavy atom. The molecule has 0 saturated heterocycles. The van der Waals surface area contributed by atoms with Gasteiger partial charge in [-0.15, -0.1) is 0 Å². The predicted octanol–water partition coefficient (Wildman–Crippen LogP) is 21.7. The second-order valence-corrected chi connectivity index (χ2v) is 25.5. The summed E-state index contributed by atoms with van der Waals surface area (Å²) >= 11 is 0.